The summed E-state index contributed by atoms with van der Waals surface area (Å²) in [7, 11) is 0. The van der Waals surface area contributed by atoms with Gasteiger partial charge in [0.05, 0.1) is 6.54 Å². The number of hydrogen-bond donors (Lipinski definition) is 2. The van der Waals surface area contributed by atoms with Crippen LogP contribution in [0.25, 0.3) is 0 Å². The number of likely N-dealkylation sites (N-methyl/N-ethyl adjacent to an activating group) is 1. The lowest BCUT2D eigenvalue weighted by atomic mass is 10.1. The van der Waals surface area contributed by atoms with E-state index in [-0.39, 0.29) is 5.91 Å². The molecule has 0 atom stereocenters. The number of nitrogens with one attached hydrogen (secondary N) is 2. The zero-order valence-electron chi connectivity index (χ0n) is 12.0. The van der Waals surface area contributed by atoms with Crippen LogP contribution in [0.2, 0.25) is 0 Å². The van der Waals surface area contributed by atoms with Crippen molar-refractivity contribution >= 4 is 5.91 Å². The number of hydrogen-bond acceptors (Lipinski definition) is 4. The second kappa shape index (κ2) is 7.82. The van der Waals surface area contributed by atoms with Crippen molar-refractivity contribution in [2.75, 3.05) is 39.4 Å². The van der Waals surface area contributed by atoms with Crippen molar-refractivity contribution in [3.05, 3.63) is 0 Å². The van der Waals surface area contributed by atoms with Crippen LogP contribution >= 0.6 is 0 Å². The Bertz CT molecular complexity index is 276. The molecule has 19 heavy (non-hydrogen) atoms. The van der Waals surface area contributed by atoms with E-state index in [1.165, 1.54) is 12.8 Å². The van der Waals surface area contributed by atoms with E-state index in [0.29, 0.717) is 12.6 Å². The molecule has 2 fully saturated rings. The fourth-order valence-corrected chi connectivity index (χ4v) is 2.58. The van der Waals surface area contributed by atoms with E-state index >= 15 is 0 Å². The van der Waals surface area contributed by atoms with Gasteiger partial charge in [-0.15, -0.1) is 0 Å². The average molecular weight is 269 g/mol. The molecular formula is C14H27N3O2. The van der Waals surface area contributed by atoms with Crippen LogP contribution in [0.15, 0.2) is 0 Å². The van der Waals surface area contributed by atoms with Crippen molar-refractivity contribution in [2.24, 2.45) is 0 Å². The highest BCUT2D eigenvalue weighted by molar-refractivity contribution is 5.78. The van der Waals surface area contributed by atoms with E-state index in [9.17, 15) is 4.79 Å². The number of amides is 1. The molecule has 1 saturated heterocycles. The van der Waals surface area contributed by atoms with E-state index in [4.69, 9.17) is 4.74 Å². The van der Waals surface area contributed by atoms with E-state index in [0.717, 1.165) is 51.7 Å². The first kappa shape index (κ1) is 14.8. The Hall–Kier alpha value is -0.650. The van der Waals surface area contributed by atoms with Crippen molar-refractivity contribution in [3.8, 4) is 0 Å². The molecule has 2 N–H and O–H groups in total. The molecule has 1 aliphatic heterocycles. The van der Waals surface area contributed by atoms with Crippen LogP contribution < -0.4 is 10.6 Å². The lowest BCUT2D eigenvalue weighted by Crippen LogP contribution is -2.44. The number of carbonyl (C=O) groups is 1. The number of nitrogens with zero attached hydrogens (tertiary/aromatic N) is 1. The predicted octanol–water partition coefficient (Wildman–Crippen LogP) is 0.356. The Balaban J connectivity index is 1.50. The zero-order valence-corrected chi connectivity index (χ0v) is 12.0. The van der Waals surface area contributed by atoms with Crippen LogP contribution in [0.1, 0.15) is 32.6 Å². The Kier molecular flexibility index (Phi) is 6.07. The van der Waals surface area contributed by atoms with Crippen LogP contribution in [-0.2, 0) is 9.53 Å². The normalized spacial score (nSPS) is 20.7. The lowest BCUT2D eigenvalue weighted by Gasteiger charge is -2.23. The summed E-state index contributed by atoms with van der Waals surface area (Å²) in [5.41, 5.74) is 0. The average Bonchev–Trinajstić information content (AvgIpc) is 3.24. The first-order chi connectivity index (χ1) is 9.29. The third-order valence-electron chi connectivity index (χ3n) is 3.92. The fraction of sp³-hybridized carbons (Fsp3) is 0.929. The van der Waals surface area contributed by atoms with Gasteiger partial charge in [0, 0.05) is 38.4 Å². The maximum Gasteiger partial charge on any atom is 0.234 e. The van der Waals surface area contributed by atoms with E-state index in [1.54, 1.807) is 0 Å². The molecule has 0 aromatic heterocycles. The maximum atomic E-state index is 11.7. The first-order valence-electron chi connectivity index (χ1n) is 7.61. The van der Waals surface area contributed by atoms with Crippen molar-refractivity contribution in [2.45, 2.75) is 44.7 Å². The van der Waals surface area contributed by atoms with Crippen molar-refractivity contribution in [3.63, 3.8) is 0 Å². The predicted molar refractivity (Wildman–Crippen MR) is 75.1 cm³/mol. The van der Waals surface area contributed by atoms with Gasteiger partial charge in [-0.3, -0.25) is 9.69 Å². The van der Waals surface area contributed by atoms with E-state index < -0.39 is 0 Å². The molecule has 0 aromatic carbocycles. The van der Waals surface area contributed by atoms with Crippen molar-refractivity contribution < 1.29 is 9.53 Å². The highest BCUT2D eigenvalue weighted by atomic mass is 16.5. The topological polar surface area (TPSA) is 53.6 Å². The van der Waals surface area contributed by atoms with E-state index in [1.807, 2.05) is 0 Å². The molecule has 0 unspecified atom stereocenters. The fourth-order valence-electron chi connectivity index (χ4n) is 2.58. The molecule has 5 nitrogen and oxygen atoms in total. The van der Waals surface area contributed by atoms with Crippen LogP contribution in [-0.4, -0.2) is 62.3 Å². The smallest absolute Gasteiger partial charge is 0.234 e. The summed E-state index contributed by atoms with van der Waals surface area (Å²) < 4.78 is 5.27. The standard InChI is InChI=1S/C14H27N3O2/c1-2-17(13-3-4-13)8-7-15-11-14(18)16-12-5-9-19-10-6-12/h12-13,15H,2-11H2,1H3,(H,16,18). The van der Waals surface area contributed by atoms with Gasteiger partial charge in [0.25, 0.3) is 0 Å². The Morgan fingerprint density at radius 1 is 1.26 bits per heavy atom. The van der Waals surface area contributed by atoms with Gasteiger partial charge in [-0.1, -0.05) is 6.92 Å². The van der Waals surface area contributed by atoms with Gasteiger partial charge >= 0.3 is 0 Å². The van der Waals surface area contributed by atoms with Crippen LogP contribution in [0.3, 0.4) is 0 Å². The van der Waals surface area contributed by atoms with Crippen molar-refractivity contribution in [1.29, 1.82) is 0 Å². The van der Waals surface area contributed by atoms with Gasteiger partial charge in [0.1, 0.15) is 0 Å². The third-order valence-corrected chi connectivity index (χ3v) is 3.92. The van der Waals surface area contributed by atoms with Gasteiger partial charge in [0.2, 0.25) is 5.91 Å². The maximum absolute atomic E-state index is 11.7. The molecule has 0 bridgehead atoms. The summed E-state index contributed by atoms with van der Waals surface area (Å²) in [6.07, 6.45) is 4.57. The molecule has 1 saturated carbocycles. The largest absolute Gasteiger partial charge is 0.381 e. The summed E-state index contributed by atoms with van der Waals surface area (Å²) in [5, 5.41) is 6.30. The van der Waals surface area contributed by atoms with Gasteiger partial charge in [-0.2, -0.15) is 0 Å². The first-order valence-corrected chi connectivity index (χ1v) is 7.61. The molecule has 1 aliphatic carbocycles. The summed E-state index contributed by atoms with van der Waals surface area (Å²) in [6.45, 7) is 7.23. The number of ether oxygens (including phenoxy) is 1. The molecule has 0 spiro atoms. The van der Waals surface area contributed by atoms with E-state index in [2.05, 4.69) is 22.5 Å². The van der Waals surface area contributed by atoms with Crippen LogP contribution in [0.5, 0.6) is 0 Å². The van der Waals surface area contributed by atoms with Gasteiger partial charge in [-0.25, -0.2) is 0 Å². The number of carbonyl (C=O) groups excluding carboxylic acids is 1. The minimum atomic E-state index is 0.112. The molecule has 110 valence electrons. The lowest BCUT2D eigenvalue weighted by molar-refractivity contribution is -0.121. The Morgan fingerprint density at radius 2 is 2.00 bits per heavy atom. The highest BCUT2D eigenvalue weighted by Gasteiger charge is 2.27. The monoisotopic (exact) mass is 269 g/mol. The molecule has 0 aromatic rings. The SMILES string of the molecule is CCN(CCNCC(=O)NC1CCOCC1)C1CC1. The van der Waals surface area contributed by atoms with Crippen molar-refractivity contribution in [1.82, 2.24) is 15.5 Å². The van der Waals surface area contributed by atoms with Gasteiger partial charge in [-0.05, 0) is 32.2 Å². The zero-order chi connectivity index (χ0) is 13.5. The molecule has 0 radical (unpaired) electrons. The van der Waals surface area contributed by atoms with Crippen LogP contribution in [0.4, 0.5) is 0 Å². The number of rotatable bonds is 8. The highest BCUT2D eigenvalue weighted by Crippen LogP contribution is 2.25. The summed E-state index contributed by atoms with van der Waals surface area (Å²) in [6, 6.07) is 1.12. The van der Waals surface area contributed by atoms with Crippen LogP contribution in [0, 0.1) is 0 Å². The summed E-state index contributed by atoms with van der Waals surface area (Å²) in [5.74, 6) is 0.112. The minimum Gasteiger partial charge on any atom is -0.381 e. The van der Waals surface area contributed by atoms with Gasteiger partial charge in [0.15, 0.2) is 0 Å². The Morgan fingerprint density at radius 3 is 2.63 bits per heavy atom. The summed E-state index contributed by atoms with van der Waals surface area (Å²) in [4.78, 5) is 14.2. The molecule has 2 rings (SSSR count). The molecule has 5 heteroatoms. The minimum absolute atomic E-state index is 0.112. The third kappa shape index (κ3) is 5.47. The molecule has 2 aliphatic rings. The molecular weight excluding hydrogens is 242 g/mol. The van der Waals surface area contributed by atoms with Gasteiger partial charge < -0.3 is 15.4 Å². The quantitative estimate of drug-likeness (QED) is 0.625. The summed E-state index contributed by atoms with van der Waals surface area (Å²) >= 11 is 0. The Labute approximate surface area is 116 Å². The second-order valence-electron chi connectivity index (χ2n) is 5.49. The molecule has 1 amide bonds. The second-order valence-corrected chi connectivity index (χ2v) is 5.49. The molecule has 1 heterocycles.